The van der Waals surface area contributed by atoms with Crippen LogP contribution < -0.4 is 10.6 Å². The molecule has 2 rings (SSSR count). The Kier molecular flexibility index (Phi) is 4.55. The maximum Gasteiger partial charge on any atom is 0.224 e. The zero-order valence-corrected chi connectivity index (χ0v) is 12.6. The van der Waals surface area contributed by atoms with Gasteiger partial charge in [0.25, 0.3) is 0 Å². The standard InChI is InChI=1S/C12H16ClN5S/c1-4-14-12-16-6-9(13)10(18-12)17-8(3)11-15-5-7(2)19-11/h5-6,8H,4H2,1-3H3,(H2,14,16,17,18). The van der Waals surface area contributed by atoms with Crippen LogP contribution >= 0.6 is 22.9 Å². The summed E-state index contributed by atoms with van der Waals surface area (Å²) >= 11 is 7.76. The van der Waals surface area contributed by atoms with Gasteiger partial charge >= 0.3 is 0 Å². The smallest absolute Gasteiger partial charge is 0.224 e. The van der Waals surface area contributed by atoms with E-state index in [0.717, 1.165) is 11.6 Å². The Balaban J connectivity index is 2.15. The number of aromatic nitrogens is 3. The zero-order valence-electron chi connectivity index (χ0n) is 11.1. The normalized spacial score (nSPS) is 12.2. The predicted molar refractivity (Wildman–Crippen MR) is 80.1 cm³/mol. The van der Waals surface area contributed by atoms with Gasteiger partial charge in [-0.25, -0.2) is 9.97 Å². The summed E-state index contributed by atoms with van der Waals surface area (Å²) in [6, 6.07) is 0.0561. The average Bonchev–Trinajstić information content (AvgIpc) is 2.80. The van der Waals surface area contributed by atoms with Crippen LogP contribution in [0.1, 0.15) is 29.8 Å². The molecule has 2 aromatic heterocycles. The van der Waals surface area contributed by atoms with E-state index in [4.69, 9.17) is 11.6 Å². The molecular formula is C12H16ClN5S. The van der Waals surface area contributed by atoms with Gasteiger partial charge in [-0.05, 0) is 20.8 Å². The Morgan fingerprint density at radius 2 is 2.16 bits per heavy atom. The zero-order chi connectivity index (χ0) is 13.8. The summed E-state index contributed by atoms with van der Waals surface area (Å²) in [4.78, 5) is 14.0. The van der Waals surface area contributed by atoms with E-state index in [-0.39, 0.29) is 6.04 Å². The van der Waals surface area contributed by atoms with Crippen molar-refractivity contribution >= 4 is 34.7 Å². The average molecular weight is 298 g/mol. The summed E-state index contributed by atoms with van der Waals surface area (Å²) < 4.78 is 0. The van der Waals surface area contributed by atoms with Crippen molar-refractivity contribution in [3.05, 3.63) is 27.3 Å². The lowest BCUT2D eigenvalue weighted by atomic mass is 10.3. The van der Waals surface area contributed by atoms with Crippen molar-refractivity contribution in [1.82, 2.24) is 15.0 Å². The van der Waals surface area contributed by atoms with Gasteiger partial charge in [0.15, 0.2) is 5.82 Å². The molecule has 0 fully saturated rings. The highest BCUT2D eigenvalue weighted by Crippen LogP contribution is 2.26. The van der Waals surface area contributed by atoms with Crippen molar-refractivity contribution in [2.75, 3.05) is 17.2 Å². The lowest BCUT2D eigenvalue weighted by molar-refractivity contribution is 0.858. The monoisotopic (exact) mass is 297 g/mol. The Morgan fingerprint density at radius 3 is 2.79 bits per heavy atom. The maximum absolute atomic E-state index is 6.10. The Hall–Kier alpha value is -1.40. The maximum atomic E-state index is 6.10. The van der Waals surface area contributed by atoms with Gasteiger partial charge in [0.2, 0.25) is 5.95 Å². The van der Waals surface area contributed by atoms with Gasteiger partial charge < -0.3 is 10.6 Å². The molecule has 0 aromatic carbocycles. The second-order valence-corrected chi connectivity index (χ2v) is 5.77. The first-order valence-corrected chi connectivity index (χ1v) is 7.25. The van der Waals surface area contributed by atoms with E-state index in [9.17, 15) is 0 Å². The van der Waals surface area contributed by atoms with E-state index in [1.807, 2.05) is 27.0 Å². The molecule has 2 heterocycles. The van der Waals surface area contributed by atoms with Crippen molar-refractivity contribution in [1.29, 1.82) is 0 Å². The molecule has 0 amide bonds. The number of anilines is 2. The molecule has 1 unspecified atom stereocenters. The number of halogens is 1. The number of nitrogens with zero attached hydrogens (tertiary/aromatic N) is 3. The Labute approximate surface area is 121 Å². The summed E-state index contributed by atoms with van der Waals surface area (Å²) in [5.41, 5.74) is 0. The van der Waals surface area contributed by atoms with Gasteiger partial charge in [-0.15, -0.1) is 11.3 Å². The Bertz CT molecular complexity index is 557. The van der Waals surface area contributed by atoms with Crippen LogP contribution in [-0.4, -0.2) is 21.5 Å². The fraction of sp³-hybridized carbons (Fsp3) is 0.417. The Morgan fingerprint density at radius 1 is 1.37 bits per heavy atom. The molecule has 0 aliphatic carbocycles. The predicted octanol–water partition coefficient (Wildman–Crippen LogP) is 3.50. The van der Waals surface area contributed by atoms with Crippen LogP contribution in [0.3, 0.4) is 0 Å². The van der Waals surface area contributed by atoms with Crippen molar-refractivity contribution in [2.45, 2.75) is 26.8 Å². The summed E-state index contributed by atoms with van der Waals surface area (Å²) in [6.45, 7) is 6.83. The second-order valence-electron chi connectivity index (χ2n) is 4.10. The lowest BCUT2D eigenvalue weighted by Gasteiger charge is -2.13. The van der Waals surface area contributed by atoms with E-state index in [1.54, 1.807) is 17.5 Å². The fourth-order valence-corrected chi connectivity index (χ4v) is 2.47. The molecule has 2 N–H and O–H groups in total. The van der Waals surface area contributed by atoms with Gasteiger partial charge in [0.05, 0.1) is 12.2 Å². The van der Waals surface area contributed by atoms with Gasteiger partial charge in [-0.3, -0.25) is 0 Å². The van der Waals surface area contributed by atoms with Gasteiger partial charge in [-0.1, -0.05) is 11.6 Å². The minimum atomic E-state index is 0.0561. The number of aryl methyl sites for hydroxylation is 1. The lowest BCUT2D eigenvalue weighted by Crippen LogP contribution is -2.10. The third-order valence-corrected chi connectivity index (χ3v) is 3.81. The minimum absolute atomic E-state index is 0.0561. The first-order chi connectivity index (χ1) is 9.10. The van der Waals surface area contributed by atoms with Crippen molar-refractivity contribution in [3.8, 4) is 0 Å². The van der Waals surface area contributed by atoms with Crippen molar-refractivity contribution in [3.63, 3.8) is 0 Å². The fourth-order valence-electron chi connectivity index (χ4n) is 1.55. The molecule has 0 aliphatic heterocycles. The number of rotatable bonds is 5. The molecule has 0 saturated heterocycles. The highest BCUT2D eigenvalue weighted by atomic mass is 35.5. The third kappa shape index (κ3) is 3.54. The molecule has 2 aromatic rings. The van der Waals surface area contributed by atoms with Crippen molar-refractivity contribution < 1.29 is 0 Å². The molecule has 0 bridgehead atoms. The number of hydrogen-bond donors (Lipinski definition) is 2. The molecule has 1 atom stereocenters. The second kappa shape index (κ2) is 6.16. The quantitative estimate of drug-likeness (QED) is 0.884. The van der Waals surface area contributed by atoms with Crippen LogP contribution in [0.15, 0.2) is 12.4 Å². The number of nitrogens with one attached hydrogen (secondary N) is 2. The van der Waals surface area contributed by atoms with Gasteiger partial charge in [0.1, 0.15) is 10.0 Å². The molecule has 102 valence electrons. The highest BCUT2D eigenvalue weighted by molar-refractivity contribution is 7.11. The number of thiazole rings is 1. The van der Waals surface area contributed by atoms with E-state index in [0.29, 0.717) is 16.8 Å². The van der Waals surface area contributed by atoms with E-state index in [2.05, 4.69) is 25.6 Å². The topological polar surface area (TPSA) is 62.7 Å². The molecule has 0 radical (unpaired) electrons. The first kappa shape index (κ1) is 14.0. The molecule has 0 saturated carbocycles. The summed E-state index contributed by atoms with van der Waals surface area (Å²) in [5.74, 6) is 1.19. The minimum Gasteiger partial charge on any atom is -0.360 e. The van der Waals surface area contributed by atoms with Gasteiger partial charge in [-0.2, -0.15) is 4.98 Å². The van der Waals surface area contributed by atoms with Gasteiger partial charge in [0, 0.05) is 17.6 Å². The molecule has 0 spiro atoms. The SMILES string of the molecule is CCNc1ncc(Cl)c(NC(C)c2ncc(C)s2)n1. The summed E-state index contributed by atoms with van der Waals surface area (Å²) in [5, 5.41) is 7.83. The van der Waals surface area contributed by atoms with Crippen LogP contribution in [0.25, 0.3) is 0 Å². The summed E-state index contributed by atoms with van der Waals surface area (Å²) in [6.07, 6.45) is 3.46. The molecular weight excluding hydrogens is 282 g/mol. The largest absolute Gasteiger partial charge is 0.360 e. The van der Waals surface area contributed by atoms with Crippen LogP contribution in [-0.2, 0) is 0 Å². The van der Waals surface area contributed by atoms with Crippen LogP contribution in [0.4, 0.5) is 11.8 Å². The highest BCUT2D eigenvalue weighted by Gasteiger charge is 2.13. The molecule has 5 nitrogen and oxygen atoms in total. The molecule has 0 aliphatic rings. The summed E-state index contributed by atoms with van der Waals surface area (Å²) in [7, 11) is 0. The van der Waals surface area contributed by atoms with Crippen LogP contribution in [0.5, 0.6) is 0 Å². The van der Waals surface area contributed by atoms with Crippen LogP contribution in [0.2, 0.25) is 5.02 Å². The molecule has 19 heavy (non-hydrogen) atoms. The van der Waals surface area contributed by atoms with E-state index < -0.39 is 0 Å². The first-order valence-electron chi connectivity index (χ1n) is 6.05. The van der Waals surface area contributed by atoms with Crippen LogP contribution in [0, 0.1) is 6.92 Å². The van der Waals surface area contributed by atoms with E-state index in [1.165, 1.54) is 4.88 Å². The molecule has 7 heteroatoms. The van der Waals surface area contributed by atoms with Crippen molar-refractivity contribution in [2.24, 2.45) is 0 Å². The number of hydrogen-bond acceptors (Lipinski definition) is 6. The van der Waals surface area contributed by atoms with E-state index >= 15 is 0 Å². The third-order valence-electron chi connectivity index (χ3n) is 2.44.